The van der Waals surface area contributed by atoms with E-state index in [9.17, 15) is 4.79 Å². The number of carbonyl (C=O) groups is 1. The minimum atomic E-state index is -0.0453. The number of aryl methyl sites for hydroxylation is 1. The molecule has 2 heterocycles. The number of benzene rings is 1. The molecule has 0 atom stereocenters. The number of carbonyl (C=O) groups excluding carboxylic acids is 1. The first-order chi connectivity index (χ1) is 12.1. The van der Waals surface area contributed by atoms with Gasteiger partial charge in [-0.05, 0) is 32.0 Å². The molecule has 0 aliphatic carbocycles. The van der Waals surface area contributed by atoms with Crippen LogP contribution in [0, 0.1) is 12.8 Å². The number of piperidine rings is 1. The summed E-state index contributed by atoms with van der Waals surface area (Å²) >= 11 is 3.48. The maximum Gasteiger partial charge on any atom is 0.309 e. The lowest BCUT2D eigenvalue weighted by Gasteiger charge is -2.27. The number of hydrogen-bond donors (Lipinski definition) is 1. The fraction of sp³-hybridized carbons (Fsp3) is 0.474. The Morgan fingerprint density at radius 2 is 2.16 bits per heavy atom. The molecule has 134 valence electrons. The first kappa shape index (κ1) is 18.1. The Kier molecular flexibility index (Phi) is 5.91. The summed E-state index contributed by atoms with van der Waals surface area (Å²) in [7, 11) is 0. The van der Waals surface area contributed by atoms with Crippen LogP contribution in [0.15, 0.2) is 33.2 Å². The van der Waals surface area contributed by atoms with E-state index < -0.39 is 0 Å². The summed E-state index contributed by atoms with van der Waals surface area (Å²) in [6, 6.07) is 7.96. The second-order valence-electron chi connectivity index (χ2n) is 6.49. The summed E-state index contributed by atoms with van der Waals surface area (Å²) in [6.07, 6.45) is 1.76. The van der Waals surface area contributed by atoms with Crippen LogP contribution in [0.1, 0.15) is 31.2 Å². The van der Waals surface area contributed by atoms with Gasteiger partial charge in [-0.3, -0.25) is 4.79 Å². The predicted molar refractivity (Wildman–Crippen MR) is 98.1 cm³/mol. The quantitative estimate of drug-likeness (QED) is 0.774. The highest BCUT2D eigenvalue weighted by Crippen LogP contribution is 2.24. The van der Waals surface area contributed by atoms with Gasteiger partial charge in [0, 0.05) is 22.9 Å². The van der Waals surface area contributed by atoms with Crippen LogP contribution in [0.25, 0.3) is 11.5 Å². The molecule has 1 aliphatic heterocycles. The van der Waals surface area contributed by atoms with Crippen molar-refractivity contribution in [2.24, 2.45) is 5.92 Å². The first-order valence-electron chi connectivity index (χ1n) is 8.79. The molecule has 0 radical (unpaired) electrons. The maximum atomic E-state index is 11.8. The van der Waals surface area contributed by atoms with Crippen LogP contribution in [-0.2, 0) is 16.1 Å². The molecule has 0 spiro atoms. The van der Waals surface area contributed by atoms with Crippen LogP contribution in [0.2, 0.25) is 0 Å². The normalized spacial score (nSPS) is 20.4. The molecule has 2 aromatic rings. The van der Waals surface area contributed by atoms with Gasteiger partial charge >= 0.3 is 5.97 Å². The SMILES string of the molecule is CCOC(=O)C1CC[NH+](Cc2nc(-c3cccc(Br)c3)oc2C)CC1. The molecule has 0 saturated carbocycles. The molecule has 0 bridgehead atoms. The molecule has 1 N–H and O–H groups in total. The van der Waals surface area contributed by atoms with Gasteiger partial charge in [0.2, 0.25) is 5.89 Å². The summed E-state index contributed by atoms with van der Waals surface area (Å²) in [6.45, 7) is 7.04. The first-order valence-corrected chi connectivity index (χ1v) is 9.58. The Morgan fingerprint density at radius 1 is 1.40 bits per heavy atom. The number of ether oxygens (including phenoxy) is 1. The third-order valence-electron chi connectivity index (χ3n) is 4.69. The van der Waals surface area contributed by atoms with E-state index in [0.717, 1.165) is 54.0 Å². The monoisotopic (exact) mass is 407 g/mol. The highest BCUT2D eigenvalue weighted by atomic mass is 79.9. The molecule has 25 heavy (non-hydrogen) atoms. The second kappa shape index (κ2) is 8.15. The molecule has 3 rings (SSSR count). The van der Waals surface area contributed by atoms with Crippen LogP contribution in [-0.4, -0.2) is 30.6 Å². The molecule has 0 unspecified atom stereocenters. The predicted octanol–water partition coefficient (Wildman–Crippen LogP) is 2.77. The zero-order valence-electron chi connectivity index (χ0n) is 14.7. The summed E-state index contributed by atoms with van der Waals surface area (Å²) in [5.74, 6) is 1.54. The fourth-order valence-electron chi connectivity index (χ4n) is 3.27. The lowest BCUT2D eigenvalue weighted by Crippen LogP contribution is -3.11. The molecule has 1 aliphatic rings. The van der Waals surface area contributed by atoms with Crippen molar-refractivity contribution >= 4 is 21.9 Å². The van der Waals surface area contributed by atoms with Crippen LogP contribution in [0.4, 0.5) is 0 Å². The molecular weight excluding hydrogens is 384 g/mol. The molecule has 5 nitrogen and oxygen atoms in total. The largest absolute Gasteiger partial charge is 0.466 e. The van der Waals surface area contributed by atoms with Crippen LogP contribution < -0.4 is 4.90 Å². The van der Waals surface area contributed by atoms with Gasteiger partial charge in [0.15, 0.2) is 0 Å². The van der Waals surface area contributed by atoms with Gasteiger partial charge < -0.3 is 14.1 Å². The van der Waals surface area contributed by atoms with E-state index in [1.165, 1.54) is 4.90 Å². The second-order valence-corrected chi connectivity index (χ2v) is 7.40. The Labute approximate surface area is 156 Å². The number of nitrogens with one attached hydrogen (secondary N) is 1. The maximum absolute atomic E-state index is 11.8. The van der Waals surface area contributed by atoms with E-state index in [-0.39, 0.29) is 11.9 Å². The molecule has 1 aromatic carbocycles. The topological polar surface area (TPSA) is 56.8 Å². The summed E-state index contributed by atoms with van der Waals surface area (Å²) in [5, 5.41) is 0. The van der Waals surface area contributed by atoms with Crippen molar-refractivity contribution in [2.45, 2.75) is 33.2 Å². The summed E-state index contributed by atoms with van der Waals surface area (Å²) < 4.78 is 12.0. The lowest BCUT2D eigenvalue weighted by molar-refractivity contribution is -0.919. The highest BCUT2D eigenvalue weighted by molar-refractivity contribution is 9.10. The minimum absolute atomic E-state index is 0.0453. The fourth-order valence-corrected chi connectivity index (χ4v) is 3.67. The third-order valence-corrected chi connectivity index (χ3v) is 5.19. The van der Waals surface area contributed by atoms with Gasteiger partial charge in [-0.25, -0.2) is 4.98 Å². The number of nitrogens with zero attached hydrogens (tertiary/aromatic N) is 1. The van der Waals surface area contributed by atoms with E-state index in [1.54, 1.807) is 0 Å². The van der Waals surface area contributed by atoms with Gasteiger partial charge in [0.1, 0.15) is 18.0 Å². The molecule has 6 heteroatoms. The van der Waals surface area contributed by atoms with E-state index in [1.807, 2.05) is 38.1 Å². The van der Waals surface area contributed by atoms with Crippen LogP contribution in [0.3, 0.4) is 0 Å². The van der Waals surface area contributed by atoms with Crippen molar-refractivity contribution in [2.75, 3.05) is 19.7 Å². The van der Waals surface area contributed by atoms with Gasteiger partial charge in [0.25, 0.3) is 0 Å². The zero-order chi connectivity index (χ0) is 17.8. The lowest BCUT2D eigenvalue weighted by atomic mass is 9.97. The smallest absolute Gasteiger partial charge is 0.309 e. The van der Waals surface area contributed by atoms with Gasteiger partial charge in [-0.1, -0.05) is 22.0 Å². The number of rotatable bonds is 5. The summed E-state index contributed by atoms with van der Waals surface area (Å²) in [4.78, 5) is 18.0. The number of quaternary nitrogens is 1. The number of hydrogen-bond acceptors (Lipinski definition) is 4. The zero-order valence-corrected chi connectivity index (χ0v) is 16.3. The number of aromatic nitrogens is 1. The number of esters is 1. The van der Waals surface area contributed by atoms with Crippen molar-refractivity contribution in [3.63, 3.8) is 0 Å². The van der Waals surface area contributed by atoms with E-state index in [4.69, 9.17) is 14.1 Å². The third kappa shape index (κ3) is 4.50. The number of likely N-dealkylation sites (tertiary alicyclic amines) is 1. The Bertz CT molecular complexity index is 736. The molecule has 1 saturated heterocycles. The molecular formula is C19H24BrN2O3+. The van der Waals surface area contributed by atoms with E-state index in [0.29, 0.717) is 12.5 Å². The average Bonchev–Trinajstić information content (AvgIpc) is 2.96. The van der Waals surface area contributed by atoms with Crippen molar-refractivity contribution in [1.82, 2.24) is 4.98 Å². The Hall–Kier alpha value is -1.66. The number of oxazole rings is 1. The van der Waals surface area contributed by atoms with Crippen molar-refractivity contribution < 1.29 is 18.8 Å². The summed E-state index contributed by atoms with van der Waals surface area (Å²) in [5.41, 5.74) is 1.97. The van der Waals surface area contributed by atoms with Gasteiger partial charge in [-0.15, -0.1) is 0 Å². The van der Waals surface area contributed by atoms with Crippen LogP contribution in [0.5, 0.6) is 0 Å². The van der Waals surface area contributed by atoms with Gasteiger partial charge in [-0.2, -0.15) is 0 Å². The minimum Gasteiger partial charge on any atom is -0.466 e. The standard InChI is InChI=1S/C19H23BrN2O3/c1-3-24-19(23)14-7-9-22(10-8-14)12-17-13(2)25-18(21-17)15-5-4-6-16(20)11-15/h4-6,11,14H,3,7-10,12H2,1-2H3/p+1. The number of halogens is 1. The average molecular weight is 408 g/mol. The van der Waals surface area contributed by atoms with E-state index in [2.05, 4.69) is 15.9 Å². The Balaban J connectivity index is 1.62. The van der Waals surface area contributed by atoms with Gasteiger partial charge in [0.05, 0.1) is 25.6 Å². The van der Waals surface area contributed by atoms with Crippen molar-refractivity contribution in [3.05, 3.63) is 40.2 Å². The molecule has 1 aromatic heterocycles. The van der Waals surface area contributed by atoms with Crippen molar-refractivity contribution in [1.29, 1.82) is 0 Å². The van der Waals surface area contributed by atoms with E-state index >= 15 is 0 Å². The van der Waals surface area contributed by atoms with Crippen molar-refractivity contribution in [3.8, 4) is 11.5 Å². The van der Waals surface area contributed by atoms with Crippen LogP contribution >= 0.6 is 15.9 Å². The highest BCUT2D eigenvalue weighted by Gasteiger charge is 2.29. The molecule has 1 fully saturated rings. The Morgan fingerprint density at radius 3 is 2.84 bits per heavy atom. The molecule has 0 amide bonds.